The second kappa shape index (κ2) is 5.52. The first kappa shape index (κ1) is 11.7. The fraction of sp³-hybridized carbons (Fsp3) is 0.625. The molecule has 0 bridgehead atoms. The Balaban J connectivity index is 1.90. The standard InChI is InChI=1S/C16H24/c1-3-14-9-11-16(12-10-14)13(2)15-7-5-4-6-8-15/h3,9,15-16H,1-2,4-8,10-12H2. The van der Waals surface area contributed by atoms with Crippen molar-refractivity contribution in [2.24, 2.45) is 11.8 Å². The molecular formula is C16H24. The maximum Gasteiger partial charge on any atom is -0.0165 e. The first-order chi connectivity index (χ1) is 7.81. The first-order valence-corrected chi connectivity index (χ1v) is 6.81. The van der Waals surface area contributed by atoms with E-state index < -0.39 is 0 Å². The van der Waals surface area contributed by atoms with Crippen LogP contribution in [0.5, 0.6) is 0 Å². The van der Waals surface area contributed by atoms with Crippen molar-refractivity contribution >= 4 is 0 Å². The summed E-state index contributed by atoms with van der Waals surface area (Å²) >= 11 is 0. The summed E-state index contributed by atoms with van der Waals surface area (Å²) < 4.78 is 0. The summed E-state index contributed by atoms with van der Waals surface area (Å²) in [4.78, 5) is 0. The van der Waals surface area contributed by atoms with Crippen LogP contribution < -0.4 is 0 Å². The molecule has 0 aliphatic heterocycles. The third kappa shape index (κ3) is 2.66. The highest BCUT2D eigenvalue weighted by Crippen LogP contribution is 2.38. The molecule has 0 spiro atoms. The molecule has 0 N–H and O–H groups in total. The smallest absolute Gasteiger partial charge is 0.0165 e. The van der Waals surface area contributed by atoms with Crippen LogP contribution in [0.15, 0.2) is 36.5 Å². The first-order valence-electron chi connectivity index (χ1n) is 6.81. The molecule has 0 nitrogen and oxygen atoms in total. The lowest BCUT2D eigenvalue weighted by Gasteiger charge is -2.31. The highest BCUT2D eigenvalue weighted by molar-refractivity contribution is 5.22. The maximum atomic E-state index is 4.40. The summed E-state index contributed by atoms with van der Waals surface area (Å²) in [5, 5.41) is 0. The second-order valence-corrected chi connectivity index (χ2v) is 5.36. The molecule has 2 rings (SSSR count). The van der Waals surface area contributed by atoms with Gasteiger partial charge in [-0.05, 0) is 43.9 Å². The zero-order valence-electron chi connectivity index (χ0n) is 10.4. The lowest BCUT2D eigenvalue weighted by molar-refractivity contribution is 0.362. The van der Waals surface area contributed by atoms with Crippen molar-refractivity contribution in [3.05, 3.63) is 36.5 Å². The Morgan fingerprint density at radius 1 is 1.12 bits per heavy atom. The molecule has 0 aromatic rings. The molecule has 0 heteroatoms. The van der Waals surface area contributed by atoms with Gasteiger partial charge in [0.1, 0.15) is 0 Å². The fourth-order valence-electron chi connectivity index (χ4n) is 3.18. The van der Waals surface area contributed by atoms with Crippen LogP contribution in [0, 0.1) is 11.8 Å². The number of hydrogen-bond acceptors (Lipinski definition) is 0. The van der Waals surface area contributed by atoms with Gasteiger partial charge in [-0.3, -0.25) is 0 Å². The number of hydrogen-bond donors (Lipinski definition) is 0. The van der Waals surface area contributed by atoms with Gasteiger partial charge in [0.15, 0.2) is 0 Å². The van der Waals surface area contributed by atoms with Crippen LogP contribution in [-0.2, 0) is 0 Å². The van der Waals surface area contributed by atoms with Gasteiger partial charge in [-0.15, -0.1) is 0 Å². The molecule has 2 aliphatic carbocycles. The van der Waals surface area contributed by atoms with E-state index in [0.29, 0.717) is 0 Å². The molecule has 88 valence electrons. The van der Waals surface area contributed by atoms with E-state index in [-0.39, 0.29) is 0 Å². The molecule has 0 aromatic heterocycles. The number of allylic oxidation sites excluding steroid dienone is 4. The Bertz CT molecular complexity index is 289. The molecule has 16 heavy (non-hydrogen) atoms. The van der Waals surface area contributed by atoms with Gasteiger partial charge >= 0.3 is 0 Å². The van der Waals surface area contributed by atoms with E-state index in [0.717, 1.165) is 11.8 Å². The predicted molar refractivity (Wildman–Crippen MR) is 71.3 cm³/mol. The van der Waals surface area contributed by atoms with Gasteiger partial charge in [0.05, 0.1) is 0 Å². The van der Waals surface area contributed by atoms with Crippen molar-refractivity contribution in [1.82, 2.24) is 0 Å². The van der Waals surface area contributed by atoms with Crippen LogP contribution in [-0.4, -0.2) is 0 Å². The minimum atomic E-state index is 0.756. The Morgan fingerprint density at radius 3 is 2.44 bits per heavy atom. The normalized spacial score (nSPS) is 27.2. The van der Waals surface area contributed by atoms with Crippen molar-refractivity contribution in [2.75, 3.05) is 0 Å². The highest BCUT2D eigenvalue weighted by atomic mass is 14.3. The quantitative estimate of drug-likeness (QED) is 0.580. The number of rotatable bonds is 3. The van der Waals surface area contributed by atoms with Crippen molar-refractivity contribution in [2.45, 2.75) is 51.4 Å². The summed E-state index contributed by atoms with van der Waals surface area (Å²) in [6, 6.07) is 0. The van der Waals surface area contributed by atoms with Gasteiger partial charge in [0.25, 0.3) is 0 Å². The lowest BCUT2D eigenvalue weighted by Crippen LogP contribution is -2.17. The predicted octanol–water partition coefficient (Wildman–Crippen LogP) is 5.04. The highest BCUT2D eigenvalue weighted by Gasteiger charge is 2.23. The average Bonchev–Trinajstić information content (AvgIpc) is 2.39. The zero-order chi connectivity index (χ0) is 11.4. The van der Waals surface area contributed by atoms with E-state index in [1.807, 2.05) is 6.08 Å². The SMILES string of the molecule is C=CC1=CCC(C(=C)C2CCCCC2)CC1. The molecule has 1 fully saturated rings. The summed E-state index contributed by atoms with van der Waals surface area (Å²) in [5.41, 5.74) is 2.99. The monoisotopic (exact) mass is 216 g/mol. The lowest BCUT2D eigenvalue weighted by atomic mass is 9.75. The van der Waals surface area contributed by atoms with E-state index in [1.165, 1.54) is 56.9 Å². The summed E-state index contributed by atoms with van der Waals surface area (Å²) in [5.74, 6) is 1.59. The van der Waals surface area contributed by atoms with Crippen LogP contribution in [0.25, 0.3) is 0 Å². The average molecular weight is 216 g/mol. The van der Waals surface area contributed by atoms with E-state index in [4.69, 9.17) is 0 Å². The molecule has 0 radical (unpaired) electrons. The third-order valence-electron chi connectivity index (χ3n) is 4.36. The van der Waals surface area contributed by atoms with Crippen LogP contribution in [0.4, 0.5) is 0 Å². The summed E-state index contributed by atoms with van der Waals surface area (Å²) in [6.07, 6.45) is 15.2. The molecule has 0 amide bonds. The Hall–Kier alpha value is -0.780. The van der Waals surface area contributed by atoms with Gasteiger partial charge in [0.2, 0.25) is 0 Å². The maximum absolute atomic E-state index is 4.40. The minimum Gasteiger partial charge on any atom is -0.0993 e. The molecule has 0 saturated heterocycles. The molecule has 1 unspecified atom stereocenters. The van der Waals surface area contributed by atoms with Crippen LogP contribution in [0.1, 0.15) is 51.4 Å². The summed E-state index contributed by atoms with van der Waals surface area (Å²) in [6.45, 7) is 8.25. The van der Waals surface area contributed by atoms with E-state index in [2.05, 4.69) is 19.2 Å². The van der Waals surface area contributed by atoms with Crippen LogP contribution in [0.2, 0.25) is 0 Å². The zero-order valence-corrected chi connectivity index (χ0v) is 10.4. The van der Waals surface area contributed by atoms with E-state index in [1.54, 1.807) is 5.57 Å². The van der Waals surface area contributed by atoms with Gasteiger partial charge in [-0.2, -0.15) is 0 Å². The van der Waals surface area contributed by atoms with Gasteiger partial charge in [-0.1, -0.05) is 55.7 Å². The molecule has 1 atom stereocenters. The third-order valence-corrected chi connectivity index (χ3v) is 4.36. The van der Waals surface area contributed by atoms with Crippen molar-refractivity contribution in [3.63, 3.8) is 0 Å². The topological polar surface area (TPSA) is 0 Å². The molecule has 1 saturated carbocycles. The molecular weight excluding hydrogens is 192 g/mol. The van der Waals surface area contributed by atoms with Crippen LogP contribution in [0.3, 0.4) is 0 Å². The summed E-state index contributed by atoms with van der Waals surface area (Å²) in [7, 11) is 0. The van der Waals surface area contributed by atoms with E-state index >= 15 is 0 Å². The van der Waals surface area contributed by atoms with Crippen molar-refractivity contribution in [3.8, 4) is 0 Å². The van der Waals surface area contributed by atoms with Crippen LogP contribution >= 0.6 is 0 Å². The fourth-order valence-corrected chi connectivity index (χ4v) is 3.18. The molecule has 0 heterocycles. The largest absolute Gasteiger partial charge is 0.0993 e. The second-order valence-electron chi connectivity index (χ2n) is 5.36. The molecule has 0 aromatic carbocycles. The van der Waals surface area contributed by atoms with Crippen molar-refractivity contribution < 1.29 is 0 Å². The Kier molecular flexibility index (Phi) is 4.04. The molecule has 2 aliphatic rings. The Labute approximate surface area is 100 Å². The van der Waals surface area contributed by atoms with E-state index in [9.17, 15) is 0 Å². The Morgan fingerprint density at radius 2 is 1.88 bits per heavy atom. The van der Waals surface area contributed by atoms with Gasteiger partial charge in [-0.25, -0.2) is 0 Å². The van der Waals surface area contributed by atoms with Gasteiger partial charge < -0.3 is 0 Å². The van der Waals surface area contributed by atoms with Gasteiger partial charge in [0, 0.05) is 0 Å². The minimum absolute atomic E-state index is 0.756. The van der Waals surface area contributed by atoms with Crippen molar-refractivity contribution in [1.29, 1.82) is 0 Å².